The molecule has 0 aromatic heterocycles. The summed E-state index contributed by atoms with van der Waals surface area (Å²) in [6, 6.07) is 3.52. The topological polar surface area (TPSA) is 63.4 Å². The van der Waals surface area contributed by atoms with Gasteiger partial charge < -0.3 is 5.73 Å². The van der Waals surface area contributed by atoms with Crippen LogP contribution in [0, 0.1) is 17.7 Å². The van der Waals surface area contributed by atoms with Crippen molar-refractivity contribution in [1.29, 1.82) is 0 Å². The van der Waals surface area contributed by atoms with Gasteiger partial charge in [0.1, 0.15) is 5.82 Å². The lowest BCUT2D eigenvalue weighted by Gasteiger charge is -2.40. The quantitative estimate of drug-likeness (QED) is 0.854. The van der Waals surface area contributed by atoms with Crippen molar-refractivity contribution in [3.8, 4) is 0 Å². The van der Waals surface area contributed by atoms with Crippen molar-refractivity contribution in [2.45, 2.75) is 37.0 Å². The maximum absolute atomic E-state index is 13.4. The highest BCUT2D eigenvalue weighted by Gasteiger charge is 2.36. The van der Waals surface area contributed by atoms with E-state index in [1.54, 1.807) is 0 Å². The Hall–Kier alpha value is -1.14. The monoisotopic (exact) mass is 312 g/mol. The fraction of sp³-hybridized carbons (Fsp3) is 0.600. The summed E-state index contributed by atoms with van der Waals surface area (Å²) in [7, 11) is -3.64. The molecule has 2 fully saturated rings. The number of anilines is 1. The molecule has 0 bridgehead atoms. The molecule has 1 aliphatic carbocycles. The van der Waals surface area contributed by atoms with Crippen molar-refractivity contribution in [1.82, 2.24) is 4.31 Å². The van der Waals surface area contributed by atoms with Crippen molar-refractivity contribution < 1.29 is 12.8 Å². The van der Waals surface area contributed by atoms with E-state index in [9.17, 15) is 12.8 Å². The Balaban J connectivity index is 1.84. The van der Waals surface area contributed by atoms with Gasteiger partial charge in [0.25, 0.3) is 0 Å². The van der Waals surface area contributed by atoms with E-state index >= 15 is 0 Å². The first-order valence-electron chi connectivity index (χ1n) is 7.53. The SMILES string of the molecule is Nc1cc(F)cc(S(=O)(=O)N2CCC3CCCCC3C2)c1. The van der Waals surface area contributed by atoms with Crippen LogP contribution < -0.4 is 5.73 Å². The number of halogens is 1. The third-order valence-corrected chi connectivity index (χ3v) is 6.63. The zero-order chi connectivity index (χ0) is 15.0. The third kappa shape index (κ3) is 2.92. The predicted molar refractivity (Wildman–Crippen MR) is 79.6 cm³/mol. The number of piperidine rings is 1. The van der Waals surface area contributed by atoms with Crippen molar-refractivity contribution in [3.05, 3.63) is 24.0 Å². The van der Waals surface area contributed by atoms with Crippen LogP contribution in [0.1, 0.15) is 32.1 Å². The fourth-order valence-electron chi connectivity index (χ4n) is 3.67. The largest absolute Gasteiger partial charge is 0.399 e. The number of benzene rings is 1. The number of fused-ring (bicyclic) bond motifs is 1. The van der Waals surface area contributed by atoms with E-state index in [4.69, 9.17) is 5.73 Å². The van der Waals surface area contributed by atoms with Crippen LogP contribution in [0.2, 0.25) is 0 Å². The molecular formula is C15H21FN2O2S. The second-order valence-corrected chi connectivity index (χ2v) is 8.11. The lowest BCUT2D eigenvalue weighted by atomic mass is 9.76. The average molecular weight is 312 g/mol. The van der Waals surface area contributed by atoms with Gasteiger partial charge in [-0.25, -0.2) is 12.8 Å². The van der Waals surface area contributed by atoms with Crippen LogP contribution in [0.4, 0.5) is 10.1 Å². The van der Waals surface area contributed by atoms with Gasteiger partial charge in [0, 0.05) is 18.8 Å². The van der Waals surface area contributed by atoms with Gasteiger partial charge in [-0.15, -0.1) is 0 Å². The number of sulfonamides is 1. The summed E-state index contributed by atoms with van der Waals surface area (Å²) in [4.78, 5) is -0.0331. The second-order valence-electron chi connectivity index (χ2n) is 6.18. The molecule has 1 aliphatic heterocycles. The molecule has 1 saturated carbocycles. The summed E-state index contributed by atoms with van der Waals surface area (Å²) in [5, 5.41) is 0. The van der Waals surface area contributed by atoms with Gasteiger partial charge in [0.05, 0.1) is 4.90 Å². The molecule has 1 aromatic carbocycles. The van der Waals surface area contributed by atoms with E-state index in [1.807, 2.05) is 0 Å². The molecule has 2 unspecified atom stereocenters. The van der Waals surface area contributed by atoms with Crippen molar-refractivity contribution in [2.75, 3.05) is 18.8 Å². The van der Waals surface area contributed by atoms with Gasteiger partial charge in [0.2, 0.25) is 10.0 Å². The molecule has 116 valence electrons. The molecular weight excluding hydrogens is 291 g/mol. The summed E-state index contributed by atoms with van der Waals surface area (Å²) in [6.07, 6.45) is 5.67. The Labute approximate surface area is 125 Å². The van der Waals surface area contributed by atoms with Gasteiger partial charge in [0.15, 0.2) is 0 Å². The van der Waals surface area contributed by atoms with Gasteiger partial charge in [-0.05, 0) is 42.9 Å². The fourth-order valence-corrected chi connectivity index (χ4v) is 5.25. The molecule has 4 nitrogen and oxygen atoms in total. The van der Waals surface area contributed by atoms with E-state index in [1.165, 1.54) is 29.6 Å². The molecule has 1 saturated heterocycles. The van der Waals surface area contributed by atoms with Crippen molar-refractivity contribution >= 4 is 15.7 Å². The van der Waals surface area contributed by atoms with Crippen LogP contribution in [0.25, 0.3) is 0 Å². The van der Waals surface area contributed by atoms with Crippen LogP contribution in [-0.2, 0) is 10.0 Å². The molecule has 3 rings (SSSR count). The van der Waals surface area contributed by atoms with Crippen molar-refractivity contribution in [3.63, 3.8) is 0 Å². The number of hydrogen-bond acceptors (Lipinski definition) is 3. The molecule has 0 spiro atoms. The Bertz CT molecular complexity index is 612. The summed E-state index contributed by atoms with van der Waals surface area (Å²) in [5.41, 5.74) is 5.71. The molecule has 0 radical (unpaired) electrons. The highest BCUT2D eigenvalue weighted by atomic mass is 32.2. The van der Waals surface area contributed by atoms with Crippen LogP contribution in [0.5, 0.6) is 0 Å². The number of rotatable bonds is 2. The minimum Gasteiger partial charge on any atom is -0.399 e. The zero-order valence-electron chi connectivity index (χ0n) is 12.0. The molecule has 2 N–H and O–H groups in total. The summed E-state index contributed by atoms with van der Waals surface area (Å²) in [5.74, 6) is 0.497. The lowest BCUT2D eigenvalue weighted by Crippen LogP contribution is -2.44. The van der Waals surface area contributed by atoms with Gasteiger partial charge in [-0.2, -0.15) is 4.31 Å². The molecule has 2 atom stereocenters. The number of nitrogen functional groups attached to an aromatic ring is 1. The zero-order valence-corrected chi connectivity index (χ0v) is 12.8. The summed E-state index contributed by atoms with van der Waals surface area (Å²) >= 11 is 0. The normalized spacial score (nSPS) is 27.3. The Morgan fingerprint density at radius 3 is 2.52 bits per heavy atom. The lowest BCUT2D eigenvalue weighted by molar-refractivity contribution is 0.136. The highest BCUT2D eigenvalue weighted by Crippen LogP contribution is 2.37. The van der Waals surface area contributed by atoms with Crippen molar-refractivity contribution in [2.24, 2.45) is 11.8 Å². The summed E-state index contributed by atoms with van der Waals surface area (Å²) in [6.45, 7) is 1.09. The molecule has 6 heteroatoms. The maximum Gasteiger partial charge on any atom is 0.243 e. The molecule has 1 heterocycles. The maximum atomic E-state index is 13.4. The number of hydrogen-bond donors (Lipinski definition) is 1. The van der Waals surface area contributed by atoms with Gasteiger partial charge >= 0.3 is 0 Å². The van der Waals surface area contributed by atoms with E-state index in [2.05, 4.69) is 0 Å². The summed E-state index contributed by atoms with van der Waals surface area (Å²) < 4.78 is 40.3. The standard InChI is InChI=1S/C15H21FN2O2S/c16-13-7-14(17)9-15(8-13)21(19,20)18-6-5-11-3-1-2-4-12(11)10-18/h7-9,11-12H,1-6,10,17H2. The van der Waals surface area contributed by atoms with E-state index in [0.29, 0.717) is 24.9 Å². The first-order chi connectivity index (χ1) is 9.96. The van der Waals surface area contributed by atoms with Crippen LogP contribution in [0.3, 0.4) is 0 Å². The Morgan fingerprint density at radius 2 is 1.81 bits per heavy atom. The number of nitrogens with two attached hydrogens (primary N) is 1. The minimum absolute atomic E-state index is 0.0331. The number of nitrogens with zero attached hydrogens (tertiary/aromatic N) is 1. The predicted octanol–water partition coefficient (Wildman–Crippen LogP) is 2.61. The average Bonchev–Trinajstić information content (AvgIpc) is 2.45. The highest BCUT2D eigenvalue weighted by molar-refractivity contribution is 7.89. The molecule has 21 heavy (non-hydrogen) atoms. The smallest absolute Gasteiger partial charge is 0.243 e. The first-order valence-corrected chi connectivity index (χ1v) is 8.97. The minimum atomic E-state index is -3.64. The second kappa shape index (κ2) is 5.57. The van der Waals surface area contributed by atoms with Crippen LogP contribution in [0.15, 0.2) is 23.1 Å². The molecule has 1 aromatic rings. The van der Waals surface area contributed by atoms with E-state index in [-0.39, 0.29) is 10.6 Å². The van der Waals surface area contributed by atoms with Gasteiger partial charge in [-0.3, -0.25) is 0 Å². The van der Waals surface area contributed by atoms with Crippen LogP contribution >= 0.6 is 0 Å². The van der Waals surface area contributed by atoms with E-state index < -0.39 is 15.8 Å². The van der Waals surface area contributed by atoms with E-state index in [0.717, 1.165) is 25.0 Å². The van der Waals surface area contributed by atoms with Gasteiger partial charge in [-0.1, -0.05) is 19.3 Å². The Morgan fingerprint density at radius 1 is 1.10 bits per heavy atom. The van der Waals surface area contributed by atoms with Crippen LogP contribution in [-0.4, -0.2) is 25.8 Å². The first kappa shape index (κ1) is 14.8. The molecule has 0 amide bonds. The third-order valence-electron chi connectivity index (χ3n) is 4.79. The Kier molecular flexibility index (Phi) is 3.92. The molecule has 2 aliphatic rings.